The number of halogens is 1. The Hall–Kier alpha value is -1.47. The van der Waals surface area contributed by atoms with Crippen LogP contribution in [0, 0.1) is 5.82 Å². The molecule has 1 aromatic rings. The zero-order chi connectivity index (χ0) is 11.9. The van der Waals surface area contributed by atoms with E-state index in [2.05, 4.69) is 4.74 Å². The van der Waals surface area contributed by atoms with Crippen LogP contribution in [-0.4, -0.2) is 32.5 Å². The second kappa shape index (κ2) is 3.53. The Bertz CT molecular complexity index is 555. The summed E-state index contributed by atoms with van der Waals surface area (Å²) in [6, 6.07) is 3.03. The highest BCUT2D eigenvalue weighted by Gasteiger charge is 2.41. The van der Waals surface area contributed by atoms with E-state index in [1.54, 1.807) is 0 Å². The Kier molecular flexibility index (Phi) is 2.43. The lowest BCUT2D eigenvalue weighted by Crippen LogP contribution is -2.31. The van der Waals surface area contributed by atoms with Gasteiger partial charge in [-0.25, -0.2) is 17.1 Å². The summed E-state index contributed by atoms with van der Waals surface area (Å²) in [5.41, 5.74) is -0.0292. The highest BCUT2D eigenvalue weighted by atomic mass is 32.2. The first-order chi connectivity index (χ1) is 7.48. The molecule has 5 nitrogen and oxygen atoms in total. The molecule has 0 saturated carbocycles. The fraction of sp³-hybridized carbons (Fsp3) is 0.222. The molecule has 0 N–H and O–H groups in total. The molecule has 1 amide bonds. The number of methoxy groups -OCH3 is 1. The largest absolute Gasteiger partial charge is 0.363 e. The van der Waals surface area contributed by atoms with Gasteiger partial charge < -0.3 is 4.74 Å². The molecule has 0 aliphatic carbocycles. The van der Waals surface area contributed by atoms with E-state index in [4.69, 9.17) is 0 Å². The van der Waals surface area contributed by atoms with Crippen LogP contribution in [0.1, 0.15) is 10.4 Å². The topological polar surface area (TPSA) is 63.7 Å². The fourth-order valence-corrected chi connectivity index (χ4v) is 2.99. The third-order valence-electron chi connectivity index (χ3n) is 2.21. The molecule has 86 valence electrons. The number of hydrogen-bond acceptors (Lipinski definition) is 4. The highest BCUT2D eigenvalue weighted by molar-refractivity contribution is 7.90. The molecule has 1 aromatic carbocycles. The van der Waals surface area contributed by atoms with Gasteiger partial charge in [-0.3, -0.25) is 4.79 Å². The predicted octanol–water partition coefficient (Wildman–Crippen LogP) is 0.574. The summed E-state index contributed by atoms with van der Waals surface area (Å²) in [6.07, 6.45) is 0. The molecule has 16 heavy (non-hydrogen) atoms. The van der Waals surface area contributed by atoms with Gasteiger partial charge in [0.15, 0.2) is 0 Å². The normalized spacial score (nSPS) is 17.6. The summed E-state index contributed by atoms with van der Waals surface area (Å²) in [4.78, 5) is 11.3. The van der Waals surface area contributed by atoms with Crippen LogP contribution in [0.5, 0.6) is 0 Å². The van der Waals surface area contributed by atoms with E-state index in [-0.39, 0.29) is 17.2 Å². The maximum atomic E-state index is 12.9. The third-order valence-corrected chi connectivity index (χ3v) is 3.96. The van der Waals surface area contributed by atoms with E-state index in [1.165, 1.54) is 7.11 Å². The van der Waals surface area contributed by atoms with Crippen molar-refractivity contribution in [2.75, 3.05) is 13.8 Å². The van der Waals surface area contributed by atoms with E-state index < -0.39 is 21.7 Å². The Labute approximate surface area is 91.5 Å². The maximum Gasteiger partial charge on any atom is 0.271 e. The van der Waals surface area contributed by atoms with Crippen molar-refractivity contribution in [1.82, 2.24) is 4.31 Å². The molecule has 0 radical (unpaired) electrons. The van der Waals surface area contributed by atoms with Gasteiger partial charge in [-0.15, -0.1) is 0 Å². The quantitative estimate of drug-likeness (QED) is 0.764. The molecule has 0 fully saturated rings. The number of fused-ring (bicyclic) bond motifs is 1. The minimum Gasteiger partial charge on any atom is -0.363 e. The van der Waals surface area contributed by atoms with Crippen LogP contribution in [0.15, 0.2) is 23.1 Å². The van der Waals surface area contributed by atoms with E-state index in [0.29, 0.717) is 4.31 Å². The van der Waals surface area contributed by atoms with Crippen molar-refractivity contribution in [3.63, 3.8) is 0 Å². The number of sulfonamides is 1. The number of carbonyl (C=O) groups is 1. The zero-order valence-electron chi connectivity index (χ0n) is 8.31. The summed E-state index contributed by atoms with van der Waals surface area (Å²) in [5, 5.41) is 0. The second-order valence-electron chi connectivity index (χ2n) is 3.22. The van der Waals surface area contributed by atoms with Crippen molar-refractivity contribution in [2.24, 2.45) is 0 Å². The molecule has 0 spiro atoms. The zero-order valence-corrected chi connectivity index (χ0v) is 9.12. The molecule has 0 unspecified atom stereocenters. The smallest absolute Gasteiger partial charge is 0.271 e. The molecule has 0 bridgehead atoms. The van der Waals surface area contributed by atoms with Crippen molar-refractivity contribution in [3.05, 3.63) is 29.6 Å². The average Bonchev–Trinajstić information content (AvgIpc) is 2.40. The van der Waals surface area contributed by atoms with Gasteiger partial charge in [-0.05, 0) is 18.2 Å². The number of hydrogen-bond donors (Lipinski definition) is 0. The van der Waals surface area contributed by atoms with Crippen LogP contribution in [0.3, 0.4) is 0 Å². The summed E-state index contributed by atoms with van der Waals surface area (Å²) >= 11 is 0. The van der Waals surface area contributed by atoms with Gasteiger partial charge in [0.2, 0.25) is 0 Å². The van der Waals surface area contributed by atoms with Crippen LogP contribution in [-0.2, 0) is 14.8 Å². The van der Waals surface area contributed by atoms with Crippen molar-refractivity contribution in [2.45, 2.75) is 4.90 Å². The average molecular weight is 245 g/mol. The maximum absolute atomic E-state index is 12.9. The van der Waals surface area contributed by atoms with Gasteiger partial charge in [0.05, 0.1) is 5.56 Å². The monoisotopic (exact) mass is 245 g/mol. The molecular formula is C9H8FNO4S. The Balaban J connectivity index is 2.63. The number of carbonyl (C=O) groups excluding carboxylic acids is 1. The molecule has 0 atom stereocenters. The van der Waals surface area contributed by atoms with Crippen molar-refractivity contribution < 1.29 is 22.3 Å². The predicted molar refractivity (Wildman–Crippen MR) is 51.6 cm³/mol. The SMILES string of the molecule is COCN1C(=O)c2ccc(F)cc2S1(=O)=O. The summed E-state index contributed by atoms with van der Waals surface area (Å²) in [7, 11) is -2.69. The lowest BCUT2D eigenvalue weighted by molar-refractivity contribution is 0.0681. The Morgan fingerprint density at radius 1 is 1.44 bits per heavy atom. The molecule has 7 heteroatoms. The Morgan fingerprint density at radius 3 is 2.75 bits per heavy atom. The van der Waals surface area contributed by atoms with Crippen molar-refractivity contribution >= 4 is 15.9 Å². The van der Waals surface area contributed by atoms with Crippen molar-refractivity contribution in [3.8, 4) is 0 Å². The van der Waals surface area contributed by atoms with Gasteiger partial charge in [0, 0.05) is 7.11 Å². The van der Waals surface area contributed by atoms with Crippen LogP contribution in [0.25, 0.3) is 0 Å². The van der Waals surface area contributed by atoms with E-state index in [9.17, 15) is 17.6 Å². The number of amides is 1. The van der Waals surface area contributed by atoms with Gasteiger partial charge in [-0.1, -0.05) is 0 Å². The minimum absolute atomic E-state index is 0.0292. The highest BCUT2D eigenvalue weighted by Crippen LogP contribution is 2.30. The van der Waals surface area contributed by atoms with E-state index in [1.807, 2.05) is 0 Å². The summed E-state index contributed by atoms with van der Waals surface area (Å²) in [5.74, 6) is -1.40. The molecule has 2 rings (SSSR count). The third kappa shape index (κ3) is 1.40. The molecule has 0 saturated heterocycles. The van der Waals surface area contributed by atoms with Crippen LogP contribution < -0.4 is 0 Å². The number of benzene rings is 1. The lowest BCUT2D eigenvalue weighted by Gasteiger charge is -2.12. The van der Waals surface area contributed by atoms with Crippen LogP contribution >= 0.6 is 0 Å². The number of ether oxygens (including phenoxy) is 1. The van der Waals surface area contributed by atoms with E-state index >= 15 is 0 Å². The molecule has 1 aliphatic heterocycles. The lowest BCUT2D eigenvalue weighted by atomic mass is 10.2. The molecule has 1 heterocycles. The van der Waals surface area contributed by atoms with Gasteiger partial charge in [-0.2, -0.15) is 0 Å². The van der Waals surface area contributed by atoms with E-state index in [0.717, 1.165) is 18.2 Å². The van der Waals surface area contributed by atoms with Crippen molar-refractivity contribution in [1.29, 1.82) is 0 Å². The van der Waals surface area contributed by atoms with Gasteiger partial charge in [0.1, 0.15) is 17.4 Å². The van der Waals surface area contributed by atoms with Gasteiger partial charge >= 0.3 is 0 Å². The first-order valence-electron chi connectivity index (χ1n) is 4.34. The van der Waals surface area contributed by atoms with Crippen LogP contribution in [0.4, 0.5) is 4.39 Å². The summed E-state index contributed by atoms with van der Waals surface area (Å²) < 4.78 is 41.7. The molecule has 0 aromatic heterocycles. The first-order valence-corrected chi connectivity index (χ1v) is 5.78. The minimum atomic E-state index is -3.96. The fourth-order valence-electron chi connectivity index (χ4n) is 1.49. The molecular weight excluding hydrogens is 237 g/mol. The standard InChI is InChI=1S/C9H8FNO4S/c1-15-5-11-9(12)7-3-2-6(10)4-8(7)16(11,13)14/h2-4H,5H2,1H3. The summed E-state index contributed by atoms with van der Waals surface area (Å²) in [6.45, 7) is -0.378. The second-order valence-corrected chi connectivity index (χ2v) is 5.05. The molecule has 1 aliphatic rings. The first kappa shape index (κ1) is 11.0. The number of nitrogens with zero attached hydrogens (tertiary/aromatic N) is 1. The van der Waals surface area contributed by atoms with Crippen LogP contribution in [0.2, 0.25) is 0 Å². The Morgan fingerprint density at radius 2 is 2.12 bits per heavy atom. The number of rotatable bonds is 2. The van der Waals surface area contributed by atoms with Gasteiger partial charge in [0.25, 0.3) is 15.9 Å².